The molecule has 0 radical (unpaired) electrons. The van der Waals surface area contributed by atoms with Crippen LogP contribution in [0.25, 0.3) is 10.9 Å². The van der Waals surface area contributed by atoms with E-state index in [2.05, 4.69) is 16.4 Å². The lowest BCUT2D eigenvalue weighted by molar-refractivity contribution is 0.0924. The third kappa shape index (κ3) is 3.66. The predicted octanol–water partition coefficient (Wildman–Crippen LogP) is 4.28. The van der Waals surface area contributed by atoms with Crippen LogP contribution >= 0.6 is 11.6 Å². The van der Waals surface area contributed by atoms with Crippen LogP contribution in [0, 0.1) is 17.1 Å². The highest BCUT2D eigenvalue weighted by atomic mass is 35.5. The van der Waals surface area contributed by atoms with Gasteiger partial charge in [0.15, 0.2) is 0 Å². The summed E-state index contributed by atoms with van der Waals surface area (Å²) in [5.74, 6) is -0.908. The molecule has 0 aliphatic rings. The van der Waals surface area contributed by atoms with Crippen LogP contribution in [0.2, 0.25) is 5.02 Å². The molecule has 1 unspecified atom stereocenters. The van der Waals surface area contributed by atoms with Crippen LogP contribution < -0.4 is 5.32 Å². The van der Waals surface area contributed by atoms with Gasteiger partial charge in [-0.3, -0.25) is 9.78 Å². The number of amides is 1. The number of hydrogen-bond donors (Lipinski definition) is 1. The van der Waals surface area contributed by atoms with Gasteiger partial charge >= 0.3 is 0 Å². The Kier molecular flexibility index (Phi) is 4.88. The van der Waals surface area contributed by atoms with Crippen molar-refractivity contribution in [1.82, 2.24) is 10.3 Å². The Balaban J connectivity index is 1.85. The van der Waals surface area contributed by atoms with E-state index >= 15 is 0 Å². The van der Waals surface area contributed by atoms with E-state index in [0.29, 0.717) is 10.4 Å². The first-order valence-electron chi connectivity index (χ1n) is 7.93. The lowest BCUT2D eigenvalue weighted by Gasteiger charge is -2.24. The van der Waals surface area contributed by atoms with Crippen molar-refractivity contribution in [3.63, 3.8) is 0 Å². The second-order valence-electron chi connectivity index (χ2n) is 6.20. The third-order valence-electron chi connectivity index (χ3n) is 4.06. The summed E-state index contributed by atoms with van der Waals surface area (Å²) in [6, 6.07) is 15.4. The molecule has 0 fully saturated rings. The van der Waals surface area contributed by atoms with Gasteiger partial charge in [-0.1, -0.05) is 41.9 Å². The van der Waals surface area contributed by atoms with Gasteiger partial charge in [-0.25, -0.2) is 4.39 Å². The molecule has 1 aromatic heterocycles. The molecule has 0 saturated carbocycles. The molecule has 0 aliphatic heterocycles. The number of fused-ring (bicyclic) bond motifs is 1. The monoisotopic (exact) mass is 367 g/mol. The molecule has 4 nitrogen and oxygen atoms in total. The topological polar surface area (TPSA) is 65.8 Å². The van der Waals surface area contributed by atoms with Crippen molar-refractivity contribution < 1.29 is 9.18 Å². The number of hydrogen-bond acceptors (Lipinski definition) is 3. The maximum Gasteiger partial charge on any atom is 0.254 e. The first kappa shape index (κ1) is 17.8. The standard InChI is InChI=1S/C20H15ClFN3O/c1-20(12-23,10-14-5-2-3-7-16(14)21)25-19(26)15-9-13-6-4-8-17(22)18(13)24-11-15/h2-9,11H,10H2,1H3,(H,25,26). The van der Waals surface area contributed by atoms with E-state index in [1.165, 1.54) is 12.3 Å². The number of halogens is 2. The molecule has 1 heterocycles. The second-order valence-corrected chi connectivity index (χ2v) is 6.61. The molecule has 0 aliphatic carbocycles. The maximum absolute atomic E-state index is 13.7. The van der Waals surface area contributed by atoms with E-state index in [9.17, 15) is 14.4 Å². The van der Waals surface area contributed by atoms with Gasteiger partial charge < -0.3 is 5.32 Å². The number of rotatable bonds is 4. The van der Waals surface area contributed by atoms with Crippen LogP contribution in [0.5, 0.6) is 0 Å². The van der Waals surface area contributed by atoms with E-state index in [1.807, 2.05) is 12.1 Å². The van der Waals surface area contributed by atoms with Crippen LogP contribution in [0.1, 0.15) is 22.8 Å². The highest BCUT2D eigenvalue weighted by molar-refractivity contribution is 6.31. The number of nitriles is 1. The molecule has 3 aromatic rings. The van der Waals surface area contributed by atoms with Crippen LogP contribution in [-0.4, -0.2) is 16.4 Å². The van der Waals surface area contributed by atoms with Crippen molar-refractivity contribution in [3.05, 3.63) is 76.7 Å². The van der Waals surface area contributed by atoms with Crippen LogP contribution in [-0.2, 0) is 6.42 Å². The number of carbonyl (C=O) groups excluding carboxylic acids is 1. The van der Waals surface area contributed by atoms with Gasteiger partial charge in [0, 0.05) is 23.0 Å². The van der Waals surface area contributed by atoms with E-state index in [1.54, 1.807) is 37.3 Å². The average Bonchev–Trinajstić information content (AvgIpc) is 2.63. The highest BCUT2D eigenvalue weighted by Crippen LogP contribution is 2.22. The lowest BCUT2D eigenvalue weighted by Crippen LogP contribution is -2.46. The summed E-state index contributed by atoms with van der Waals surface area (Å²) >= 11 is 6.15. The van der Waals surface area contributed by atoms with Gasteiger partial charge in [0.1, 0.15) is 16.9 Å². The predicted molar refractivity (Wildman–Crippen MR) is 98.3 cm³/mol. The Bertz CT molecular complexity index is 1030. The van der Waals surface area contributed by atoms with E-state index in [0.717, 1.165) is 5.56 Å². The minimum Gasteiger partial charge on any atom is -0.334 e. The zero-order valence-corrected chi connectivity index (χ0v) is 14.7. The Labute approximate surface area is 155 Å². The highest BCUT2D eigenvalue weighted by Gasteiger charge is 2.28. The fourth-order valence-electron chi connectivity index (χ4n) is 2.70. The third-order valence-corrected chi connectivity index (χ3v) is 4.43. The fraction of sp³-hybridized carbons (Fsp3) is 0.150. The molecule has 1 N–H and O–H groups in total. The zero-order chi connectivity index (χ0) is 18.7. The quantitative estimate of drug-likeness (QED) is 0.748. The van der Waals surface area contributed by atoms with E-state index < -0.39 is 17.3 Å². The Morgan fingerprint density at radius 1 is 1.31 bits per heavy atom. The summed E-state index contributed by atoms with van der Waals surface area (Å²) < 4.78 is 13.7. The molecule has 0 spiro atoms. The van der Waals surface area contributed by atoms with Gasteiger partial charge in [0.05, 0.1) is 11.6 Å². The Morgan fingerprint density at radius 3 is 2.81 bits per heavy atom. The van der Waals surface area contributed by atoms with Gasteiger partial charge in [-0.2, -0.15) is 5.26 Å². The average molecular weight is 368 g/mol. The number of nitrogens with one attached hydrogen (secondary N) is 1. The SMILES string of the molecule is CC(C#N)(Cc1ccccc1Cl)NC(=O)c1cnc2c(F)cccc2c1. The van der Waals surface area contributed by atoms with Crippen molar-refractivity contribution in [2.24, 2.45) is 0 Å². The van der Waals surface area contributed by atoms with Crippen molar-refractivity contribution in [2.45, 2.75) is 18.9 Å². The fourth-order valence-corrected chi connectivity index (χ4v) is 2.91. The molecule has 1 amide bonds. The van der Waals surface area contributed by atoms with Crippen LogP contribution in [0.4, 0.5) is 4.39 Å². The first-order valence-corrected chi connectivity index (χ1v) is 8.31. The summed E-state index contributed by atoms with van der Waals surface area (Å²) in [5, 5.41) is 13.3. The lowest BCUT2D eigenvalue weighted by atomic mass is 9.93. The summed E-state index contributed by atoms with van der Waals surface area (Å²) in [6.07, 6.45) is 1.55. The van der Waals surface area contributed by atoms with Gasteiger partial charge in [0.2, 0.25) is 0 Å². The zero-order valence-electron chi connectivity index (χ0n) is 14.0. The summed E-state index contributed by atoms with van der Waals surface area (Å²) in [4.78, 5) is 16.6. The molecule has 0 bridgehead atoms. The molecule has 3 rings (SSSR count). The van der Waals surface area contributed by atoms with Crippen molar-refractivity contribution in [1.29, 1.82) is 5.26 Å². The molecule has 2 aromatic carbocycles. The molecule has 6 heteroatoms. The maximum atomic E-state index is 13.7. The smallest absolute Gasteiger partial charge is 0.254 e. The molecule has 26 heavy (non-hydrogen) atoms. The minimum atomic E-state index is -1.15. The molecule has 130 valence electrons. The Hall–Kier alpha value is -2.97. The number of aromatic nitrogens is 1. The minimum absolute atomic E-state index is 0.197. The van der Waals surface area contributed by atoms with Crippen LogP contribution in [0.15, 0.2) is 54.7 Å². The van der Waals surface area contributed by atoms with Crippen LogP contribution in [0.3, 0.4) is 0 Å². The molecule has 1 atom stereocenters. The summed E-state index contributed by atoms with van der Waals surface area (Å²) in [6.45, 7) is 1.63. The summed E-state index contributed by atoms with van der Waals surface area (Å²) in [7, 11) is 0. The summed E-state index contributed by atoms with van der Waals surface area (Å²) in [5.41, 5.74) is 0.0584. The van der Waals surface area contributed by atoms with E-state index in [-0.39, 0.29) is 17.5 Å². The Morgan fingerprint density at radius 2 is 2.08 bits per heavy atom. The normalized spacial score (nSPS) is 13.0. The van der Waals surface area contributed by atoms with Gasteiger partial charge in [-0.15, -0.1) is 0 Å². The number of nitrogens with zero attached hydrogens (tertiary/aromatic N) is 2. The van der Waals surface area contributed by atoms with Gasteiger partial charge in [-0.05, 0) is 30.7 Å². The number of carbonyl (C=O) groups is 1. The van der Waals surface area contributed by atoms with Crippen molar-refractivity contribution in [2.75, 3.05) is 0 Å². The van der Waals surface area contributed by atoms with Crippen molar-refractivity contribution in [3.8, 4) is 6.07 Å². The molecular weight excluding hydrogens is 353 g/mol. The number of pyridine rings is 1. The van der Waals surface area contributed by atoms with Crippen molar-refractivity contribution >= 4 is 28.4 Å². The number of para-hydroxylation sites is 1. The first-order chi connectivity index (χ1) is 12.4. The molecule has 0 saturated heterocycles. The molecular formula is C20H15ClFN3O. The van der Waals surface area contributed by atoms with Gasteiger partial charge in [0.25, 0.3) is 5.91 Å². The second kappa shape index (κ2) is 7.11. The van der Waals surface area contributed by atoms with E-state index in [4.69, 9.17) is 11.6 Å². The number of benzene rings is 2. The largest absolute Gasteiger partial charge is 0.334 e.